The van der Waals surface area contributed by atoms with Crippen LogP contribution in [0.3, 0.4) is 0 Å². The summed E-state index contributed by atoms with van der Waals surface area (Å²) in [7, 11) is 0. The number of amides is 2. The maximum absolute atomic E-state index is 13.1. The van der Waals surface area contributed by atoms with Crippen molar-refractivity contribution in [2.75, 3.05) is 37.6 Å². The summed E-state index contributed by atoms with van der Waals surface area (Å²) in [5, 5.41) is 0. The second-order valence-corrected chi connectivity index (χ2v) is 8.43. The molecule has 29 heavy (non-hydrogen) atoms. The van der Waals surface area contributed by atoms with E-state index in [0.717, 1.165) is 69.5 Å². The lowest BCUT2D eigenvalue weighted by Gasteiger charge is -2.48. The monoisotopic (exact) mass is 397 g/mol. The van der Waals surface area contributed by atoms with Gasteiger partial charge in [-0.15, -0.1) is 0 Å². The fourth-order valence-electron chi connectivity index (χ4n) is 4.86. The normalized spacial score (nSPS) is 24.2. The van der Waals surface area contributed by atoms with Crippen molar-refractivity contribution in [3.63, 3.8) is 0 Å². The molecular formula is C21H27N5O3. The van der Waals surface area contributed by atoms with Gasteiger partial charge in [0.1, 0.15) is 11.6 Å². The van der Waals surface area contributed by atoms with Crippen molar-refractivity contribution >= 4 is 28.9 Å². The van der Waals surface area contributed by atoms with Crippen LogP contribution in [0.1, 0.15) is 25.7 Å². The Morgan fingerprint density at radius 1 is 1.07 bits per heavy atom. The van der Waals surface area contributed by atoms with Gasteiger partial charge in [-0.1, -0.05) is 12.1 Å². The number of rotatable bonds is 4. The lowest BCUT2D eigenvalue weighted by atomic mass is 9.93. The molecule has 3 aliphatic rings. The molecule has 0 spiro atoms. The Morgan fingerprint density at radius 2 is 1.83 bits per heavy atom. The summed E-state index contributed by atoms with van der Waals surface area (Å²) in [4.78, 5) is 35.4. The Morgan fingerprint density at radius 3 is 2.55 bits per heavy atom. The van der Waals surface area contributed by atoms with Gasteiger partial charge in [0.15, 0.2) is 5.58 Å². The third-order valence-electron chi connectivity index (χ3n) is 6.69. The van der Waals surface area contributed by atoms with E-state index in [0.29, 0.717) is 12.1 Å². The van der Waals surface area contributed by atoms with E-state index in [1.807, 2.05) is 34.1 Å². The number of piperidine rings is 1. The van der Waals surface area contributed by atoms with Crippen LogP contribution in [0.15, 0.2) is 28.7 Å². The Bertz CT molecular complexity index is 881. The molecule has 154 valence electrons. The molecule has 5 rings (SSSR count). The third kappa shape index (κ3) is 3.35. The number of oxazole rings is 1. The average molecular weight is 397 g/mol. The Kier molecular flexibility index (Phi) is 4.66. The number of carbonyl (C=O) groups excluding carboxylic acids is 2. The molecule has 1 aromatic heterocycles. The highest BCUT2D eigenvalue weighted by atomic mass is 16.4. The number of primary amides is 1. The van der Waals surface area contributed by atoms with Crippen LogP contribution in [-0.4, -0.2) is 71.4 Å². The number of nitrogens with zero attached hydrogens (tertiary/aromatic N) is 4. The number of likely N-dealkylation sites (tertiary alicyclic amines) is 2. The van der Waals surface area contributed by atoms with Gasteiger partial charge >= 0.3 is 0 Å². The van der Waals surface area contributed by atoms with Gasteiger partial charge in [0.2, 0.25) is 11.8 Å². The predicted octanol–water partition coefficient (Wildman–Crippen LogP) is 1.20. The topological polar surface area (TPSA) is 95.9 Å². The molecule has 3 fully saturated rings. The fraction of sp³-hybridized carbons (Fsp3) is 0.571. The number of nitrogens with two attached hydrogens (primary N) is 1. The summed E-state index contributed by atoms with van der Waals surface area (Å²) in [5.41, 5.74) is 7.00. The van der Waals surface area contributed by atoms with Crippen LogP contribution in [0, 0.1) is 5.92 Å². The minimum atomic E-state index is -0.190. The van der Waals surface area contributed by atoms with Crippen molar-refractivity contribution in [3.8, 4) is 0 Å². The van der Waals surface area contributed by atoms with E-state index in [-0.39, 0.29) is 23.8 Å². The first kappa shape index (κ1) is 18.4. The molecule has 0 saturated carbocycles. The van der Waals surface area contributed by atoms with Gasteiger partial charge in [-0.05, 0) is 50.9 Å². The average Bonchev–Trinajstić information content (AvgIpc) is 3.33. The number of carbonyl (C=O) groups is 2. The van der Waals surface area contributed by atoms with Gasteiger partial charge in [0.25, 0.3) is 6.01 Å². The maximum Gasteiger partial charge on any atom is 0.299 e. The molecule has 3 aliphatic heterocycles. The van der Waals surface area contributed by atoms with Gasteiger partial charge in [-0.3, -0.25) is 14.5 Å². The van der Waals surface area contributed by atoms with E-state index in [2.05, 4.69) is 9.88 Å². The van der Waals surface area contributed by atoms with E-state index in [1.165, 1.54) is 0 Å². The zero-order chi connectivity index (χ0) is 20.0. The molecule has 2 amide bonds. The molecule has 0 radical (unpaired) electrons. The zero-order valence-corrected chi connectivity index (χ0v) is 16.5. The van der Waals surface area contributed by atoms with E-state index >= 15 is 0 Å². The molecule has 3 saturated heterocycles. The number of para-hydroxylation sites is 2. The number of anilines is 1. The van der Waals surface area contributed by atoms with Crippen LogP contribution < -0.4 is 10.6 Å². The number of fused-ring (bicyclic) bond motifs is 1. The smallest absolute Gasteiger partial charge is 0.299 e. The number of hydrogen-bond donors (Lipinski definition) is 1. The van der Waals surface area contributed by atoms with Crippen LogP contribution in [0.25, 0.3) is 11.1 Å². The number of benzene rings is 1. The Hall–Kier alpha value is -2.61. The standard InChI is InChI=1S/C21H27N5O3/c22-19(27)14-7-10-24(11-8-14)15-12-25(13-15)20(28)17-5-3-9-26(17)21-23-16-4-1-2-6-18(16)29-21/h1-2,4,6,14-15,17H,3,5,7-13H2,(H2,22,27). The molecule has 0 bridgehead atoms. The summed E-state index contributed by atoms with van der Waals surface area (Å²) in [6, 6.07) is 8.45. The molecule has 2 aromatic rings. The summed E-state index contributed by atoms with van der Waals surface area (Å²) in [5.74, 6) is -0.00367. The lowest BCUT2D eigenvalue weighted by molar-refractivity contribution is -0.140. The van der Waals surface area contributed by atoms with E-state index in [4.69, 9.17) is 10.2 Å². The first-order chi connectivity index (χ1) is 14.1. The number of hydrogen-bond acceptors (Lipinski definition) is 6. The highest BCUT2D eigenvalue weighted by molar-refractivity contribution is 5.86. The molecule has 8 heteroatoms. The van der Waals surface area contributed by atoms with Crippen LogP contribution in [0.5, 0.6) is 0 Å². The minimum Gasteiger partial charge on any atom is -0.423 e. The third-order valence-corrected chi connectivity index (χ3v) is 6.69. The fourth-order valence-corrected chi connectivity index (χ4v) is 4.86. The maximum atomic E-state index is 13.1. The van der Waals surface area contributed by atoms with Crippen molar-refractivity contribution < 1.29 is 14.0 Å². The van der Waals surface area contributed by atoms with Crippen molar-refractivity contribution in [1.82, 2.24) is 14.8 Å². The van der Waals surface area contributed by atoms with Crippen LogP contribution in [0.2, 0.25) is 0 Å². The Labute approximate surface area is 169 Å². The van der Waals surface area contributed by atoms with Gasteiger partial charge in [0.05, 0.1) is 0 Å². The van der Waals surface area contributed by atoms with Crippen molar-refractivity contribution in [3.05, 3.63) is 24.3 Å². The van der Waals surface area contributed by atoms with Crippen molar-refractivity contribution in [2.45, 2.75) is 37.8 Å². The summed E-state index contributed by atoms with van der Waals surface area (Å²) >= 11 is 0. The molecule has 1 unspecified atom stereocenters. The molecule has 1 atom stereocenters. The Balaban J connectivity index is 1.20. The summed E-state index contributed by atoms with van der Waals surface area (Å²) < 4.78 is 5.91. The molecular weight excluding hydrogens is 370 g/mol. The summed E-state index contributed by atoms with van der Waals surface area (Å²) in [6.45, 7) is 4.09. The molecule has 8 nitrogen and oxygen atoms in total. The molecule has 1 aromatic carbocycles. The summed E-state index contributed by atoms with van der Waals surface area (Å²) in [6.07, 6.45) is 3.46. The first-order valence-corrected chi connectivity index (χ1v) is 10.5. The van der Waals surface area contributed by atoms with Gasteiger partial charge in [-0.2, -0.15) is 4.98 Å². The number of aromatic nitrogens is 1. The lowest BCUT2D eigenvalue weighted by Crippen LogP contribution is -2.64. The first-order valence-electron chi connectivity index (χ1n) is 10.5. The highest BCUT2D eigenvalue weighted by Gasteiger charge is 2.42. The van der Waals surface area contributed by atoms with Gasteiger partial charge in [0, 0.05) is 31.6 Å². The van der Waals surface area contributed by atoms with E-state index in [1.54, 1.807) is 0 Å². The largest absolute Gasteiger partial charge is 0.423 e. The highest BCUT2D eigenvalue weighted by Crippen LogP contribution is 2.31. The van der Waals surface area contributed by atoms with Crippen molar-refractivity contribution in [1.29, 1.82) is 0 Å². The van der Waals surface area contributed by atoms with Gasteiger partial charge in [-0.25, -0.2) is 0 Å². The SMILES string of the molecule is NC(=O)C1CCN(C2CN(C(=O)C3CCCN3c3nc4ccccc4o3)C2)CC1. The van der Waals surface area contributed by atoms with Crippen LogP contribution in [-0.2, 0) is 9.59 Å². The zero-order valence-electron chi connectivity index (χ0n) is 16.5. The molecule has 4 heterocycles. The van der Waals surface area contributed by atoms with Crippen LogP contribution >= 0.6 is 0 Å². The quantitative estimate of drug-likeness (QED) is 0.833. The van der Waals surface area contributed by atoms with E-state index < -0.39 is 0 Å². The predicted molar refractivity (Wildman–Crippen MR) is 108 cm³/mol. The molecule has 0 aliphatic carbocycles. The van der Waals surface area contributed by atoms with E-state index in [9.17, 15) is 9.59 Å². The molecule has 2 N–H and O–H groups in total. The van der Waals surface area contributed by atoms with Gasteiger partial charge < -0.3 is 20.0 Å². The second kappa shape index (κ2) is 7.33. The minimum absolute atomic E-state index is 0.00687. The van der Waals surface area contributed by atoms with Crippen LogP contribution in [0.4, 0.5) is 6.01 Å². The van der Waals surface area contributed by atoms with Crippen molar-refractivity contribution in [2.24, 2.45) is 11.7 Å². The second-order valence-electron chi connectivity index (χ2n) is 8.43.